The molecule has 0 saturated heterocycles. The molecule has 0 aromatic carbocycles. The maximum absolute atomic E-state index is 5.48. The highest BCUT2D eigenvalue weighted by Gasteiger charge is 2.19. The van der Waals surface area contributed by atoms with Crippen molar-refractivity contribution in [1.29, 1.82) is 0 Å². The number of hydrogen-bond donors (Lipinski definition) is 1. The average Bonchev–Trinajstić information content (AvgIpc) is 2.34. The summed E-state index contributed by atoms with van der Waals surface area (Å²) in [7, 11) is 0. The summed E-state index contributed by atoms with van der Waals surface area (Å²) in [5, 5.41) is 3.61. The van der Waals surface area contributed by atoms with Crippen molar-refractivity contribution in [3.63, 3.8) is 0 Å². The van der Waals surface area contributed by atoms with Crippen molar-refractivity contribution in [3.05, 3.63) is 12.7 Å². The summed E-state index contributed by atoms with van der Waals surface area (Å²) in [6, 6.07) is 0.738. The fourth-order valence-corrected chi connectivity index (χ4v) is 2.45. The van der Waals surface area contributed by atoms with Crippen LogP contribution in [0.2, 0.25) is 0 Å². The first-order chi connectivity index (χ1) is 7.86. The third-order valence-corrected chi connectivity index (χ3v) is 3.51. The SMILES string of the molecule is C=CCCOCCNC1CCCC(CC)C1. The molecule has 0 bridgehead atoms. The van der Waals surface area contributed by atoms with Crippen molar-refractivity contribution in [2.24, 2.45) is 5.92 Å². The third-order valence-electron chi connectivity index (χ3n) is 3.51. The van der Waals surface area contributed by atoms with Crippen LogP contribution in [-0.4, -0.2) is 25.8 Å². The lowest BCUT2D eigenvalue weighted by Crippen LogP contribution is -2.36. The van der Waals surface area contributed by atoms with Gasteiger partial charge in [0.05, 0.1) is 13.2 Å². The van der Waals surface area contributed by atoms with Crippen LogP contribution in [0.25, 0.3) is 0 Å². The van der Waals surface area contributed by atoms with Gasteiger partial charge in [-0.1, -0.05) is 32.3 Å². The van der Waals surface area contributed by atoms with E-state index in [1.807, 2.05) is 6.08 Å². The lowest BCUT2D eigenvalue weighted by Gasteiger charge is -2.29. The van der Waals surface area contributed by atoms with Crippen LogP contribution < -0.4 is 5.32 Å². The van der Waals surface area contributed by atoms with E-state index in [1.165, 1.54) is 32.1 Å². The highest BCUT2D eigenvalue weighted by atomic mass is 16.5. The first-order valence-corrected chi connectivity index (χ1v) is 6.78. The van der Waals surface area contributed by atoms with Crippen LogP contribution in [0.4, 0.5) is 0 Å². The second kappa shape index (κ2) is 8.77. The number of hydrogen-bond acceptors (Lipinski definition) is 2. The molecule has 1 rings (SSSR count). The van der Waals surface area contributed by atoms with Crippen molar-refractivity contribution in [1.82, 2.24) is 5.32 Å². The molecular weight excluding hydrogens is 198 g/mol. The summed E-state index contributed by atoms with van der Waals surface area (Å²) in [6.45, 7) is 8.63. The average molecular weight is 225 g/mol. The molecule has 1 aliphatic rings. The van der Waals surface area contributed by atoms with Gasteiger partial charge >= 0.3 is 0 Å². The first-order valence-electron chi connectivity index (χ1n) is 6.78. The molecule has 1 aliphatic carbocycles. The van der Waals surface area contributed by atoms with Gasteiger partial charge in [-0.15, -0.1) is 6.58 Å². The third kappa shape index (κ3) is 5.66. The van der Waals surface area contributed by atoms with E-state index in [0.717, 1.165) is 38.1 Å². The molecule has 94 valence electrons. The Hall–Kier alpha value is -0.340. The Kier molecular flexibility index (Phi) is 7.52. The molecule has 1 saturated carbocycles. The molecule has 0 aromatic heterocycles. The van der Waals surface area contributed by atoms with E-state index in [-0.39, 0.29) is 0 Å². The molecule has 0 aromatic rings. The van der Waals surface area contributed by atoms with Crippen molar-refractivity contribution in [2.45, 2.75) is 51.5 Å². The second-order valence-corrected chi connectivity index (χ2v) is 4.78. The highest BCUT2D eigenvalue weighted by Crippen LogP contribution is 2.26. The van der Waals surface area contributed by atoms with Gasteiger partial charge in [-0.3, -0.25) is 0 Å². The van der Waals surface area contributed by atoms with Crippen molar-refractivity contribution in [2.75, 3.05) is 19.8 Å². The van der Waals surface area contributed by atoms with Crippen LogP contribution in [0.5, 0.6) is 0 Å². The predicted octanol–water partition coefficient (Wildman–Crippen LogP) is 3.14. The molecule has 2 heteroatoms. The lowest BCUT2D eigenvalue weighted by atomic mass is 9.84. The Balaban J connectivity index is 1.97. The van der Waals surface area contributed by atoms with E-state index in [1.54, 1.807) is 0 Å². The Morgan fingerprint density at radius 3 is 3.00 bits per heavy atom. The van der Waals surface area contributed by atoms with Crippen molar-refractivity contribution in [3.8, 4) is 0 Å². The molecule has 1 fully saturated rings. The number of nitrogens with one attached hydrogen (secondary N) is 1. The monoisotopic (exact) mass is 225 g/mol. The standard InChI is InChI=1S/C14H27NO/c1-3-5-10-16-11-9-15-14-8-6-7-13(4-2)12-14/h3,13-15H,1,4-12H2,2H3. The lowest BCUT2D eigenvalue weighted by molar-refractivity contribution is 0.134. The Morgan fingerprint density at radius 2 is 2.25 bits per heavy atom. The van der Waals surface area contributed by atoms with E-state index in [2.05, 4.69) is 18.8 Å². The van der Waals surface area contributed by atoms with Gasteiger partial charge in [0, 0.05) is 12.6 Å². The van der Waals surface area contributed by atoms with Gasteiger partial charge in [0.2, 0.25) is 0 Å². The maximum Gasteiger partial charge on any atom is 0.0591 e. The zero-order valence-electron chi connectivity index (χ0n) is 10.7. The van der Waals surface area contributed by atoms with Gasteiger partial charge in [-0.25, -0.2) is 0 Å². The Morgan fingerprint density at radius 1 is 1.38 bits per heavy atom. The van der Waals surface area contributed by atoms with E-state index >= 15 is 0 Å². The summed E-state index contributed by atoms with van der Waals surface area (Å²) < 4.78 is 5.48. The minimum Gasteiger partial charge on any atom is -0.380 e. The van der Waals surface area contributed by atoms with Gasteiger partial charge in [0.25, 0.3) is 0 Å². The van der Waals surface area contributed by atoms with Crippen LogP contribution in [-0.2, 0) is 4.74 Å². The minimum atomic E-state index is 0.738. The normalized spacial score (nSPS) is 25.6. The van der Waals surface area contributed by atoms with Gasteiger partial charge in [-0.05, 0) is 25.2 Å². The van der Waals surface area contributed by atoms with Crippen LogP contribution in [0.15, 0.2) is 12.7 Å². The van der Waals surface area contributed by atoms with Crippen LogP contribution in [0.3, 0.4) is 0 Å². The maximum atomic E-state index is 5.48. The summed E-state index contributed by atoms with van der Waals surface area (Å²) >= 11 is 0. The molecule has 2 nitrogen and oxygen atoms in total. The largest absolute Gasteiger partial charge is 0.380 e. The first kappa shape index (κ1) is 13.7. The minimum absolute atomic E-state index is 0.738. The summed E-state index contributed by atoms with van der Waals surface area (Å²) in [5.41, 5.74) is 0. The zero-order valence-corrected chi connectivity index (χ0v) is 10.7. The Labute approximate surface area is 100 Å². The van der Waals surface area contributed by atoms with E-state index in [4.69, 9.17) is 4.74 Å². The van der Waals surface area contributed by atoms with Gasteiger partial charge in [0.1, 0.15) is 0 Å². The molecule has 0 radical (unpaired) electrons. The topological polar surface area (TPSA) is 21.3 Å². The quantitative estimate of drug-likeness (QED) is 0.506. The van der Waals surface area contributed by atoms with Crippen molar-refractivity contribution >= 4 is 0 Å². The van der Waals surface area contributed by atoms with Crippen molar-refractivity contribution < 1.29 is 4.74 Å². The van der Waals surface area contributed by atoms with E-state index in [9.17, 15) is 0 Å². The molecule has 16 heavy (non-hydrogen) atoms. The summed E-state index contributed by atoms with van der Waals surface area (Å²) in [4.78, 5) is 0. The zero-order chi connectivity index (χ0) is 11.6. The summed E-state index contributed by atoms with van der Waals surface area (Å²) in [5.74, 6) is 0.952. The molecule has 0 heterocycles. The van der Waals surface area contributed by atoms with Gasteiger partial charge < -0.3 is 10.1 Å². The molecule has 2 atom stereocenters. The molecule has 0 amide bonds. The van der Waals surface area contributed by atoms with Crippen LogP contribution in [0, 0.1) is 5.92 Å². The highest BCUT2D eigenvalue weighted by molar-refractivity contribution is 4.77. The molecule has 1 N–H and O–H groups in total. The van der Waals surface area contributed by atoms with Gasteiger partial charge in [-0.2, -0.15) is 0 Å². The molecular formula is C14H27NO. The molecule has 0 aliphatic heterocycles. The summed E-state index contributed by atoms with van der Waals surface area (Å²) in [6.07, 6.45) is 9.75. The smallest absolute Gasteiger partial charge is 0.0591 e. The number of ether oxygens (including phenoxy) is 1. The number of rotatable bonds is 8. The van der Waals surface area contributed by atoms with Crippen LogP contribution in [0.1, 0.15) is 45.4 Å². The second-order valence-electron chi connectivity index (χ2n) is 4.78. The molecule has 0 spiro atoms. The fourth-order valence-electron chi connectivity index (χ4n) is 2.45. The molecule has 2 unspecified atom stereocenters. The van der Waals surface area contributed by atoms with E-state index < -0.39 is 0 Å². The predicted molar refractivity (Wildman–Crippen MR) is 69.7 cm³/mol. The van der Waals surface area contributed by atoms with Gasteiger partial charge in [0.15, 0.2) is 0 Å². The van der Waals surface area contributed by atoms with E-state index in [0.29, 0.717) is 0 Å². The fraction of sp³-hybridized carbons (Fsp3) is 0.857. The Bertz CT molecular complexity index is 182. The van der Waals surface area contributed by atoms with Crippen LogP contribution >= 0.6 is 0 Å².